The third-order valence-electron chi connectivity index (χ3n) is 3.68. The molecule has 2 aromatic heterocycles. The molecule has 0 atom stereocenters. The van der Waals surface area contributed by atoms with Gasteiger partial charge in [-0.3, -0.25) is 4.98 Å². The van der Waals surface area contributed by atoms with E-state index in [4.69, 9.17) is 20.9 Å². The van der Waals surface area contributed by atoms with Crippen molar-refractivity contribution in [3.8, 4) is 17.0 Å². The van der Waals surface area contributed by atoms with Gasteiger partial charge in [0.15, 0.2) is 5.76 Å². The molecule has 0 saturated heterocycles. The van der Waals surface area contributed by atoms with Crippen molar-refractivity contribution in [1.82, 2.24) is 15.0 Å². The Bertz CT molecular complexity index is 898. The van der Waals surface area contributed by atoms with Crippen molar-refractivity contribution in [3.63, 3.8) is 0 Å². The van der Waals surface area contributed by atoms with Gasteiger partial charge in [0.25, 0.3) is 0 Å². The number of rotatable bonds is 5. The first-order chi connectivity index (χ1) is 12.6. The van der Waals surface area contributed by atoms with E-state index in [0.717, 1.165) is 5.56 Å². The number of urea groups is 1. The molecule has 0 fully saturated rings. The number of amides is 2. The Morgan fingerprint density at radius 1 is 1.27 bits per heavy atom. The van der Waals surface area contributed by atoms with Crippen molar-refractivity contribution < 1.29 is 14.1 Å². The standard InChI is InChI=1S/C18H17ClN4O3/c1-23(18(24)21-13-3-4-17(25-2)15(19)9-13)11-14-10-16(22-26-14)12-5-7-20-8-6-12/h3-10H,11H2,1-2H3,(H,21,24). The van der Waals surface area contributed by atoms with Crippen LogP contribution >= 0.6 is 11.6 Å². The Hall–Kier alpha value is -3.06. The van der Waals surface area contributed by atoms with Gasteiger partial charge < -0.3 is 19.5 Å². The number of hydrogen-bond acceptors (Lipinski definition) is 5. The summed E-state index contributed by atoms with van der Waals surface area (Å²) in [6.45, 7) is 0.272. The highest BCUT2D eigenvalue weighted by molar-refractivity contribution is 6.32. The van der Waals surface area contributed by atoms with Crippen LogP contribution in [0, 0.1) is 0 Å². The van der Waals surface area contributed by atoms with Crippen molar-refractivity contribution in [3.05, 3.63) is 59.6 Å². The zero-order valence-electron chi connectivity index (χ0n) is 14.3. The number of benzene rings is 1. The summed E-state index contributed by atoms with van der Waals surface area (Å²) >= 11 is 6.07. The fraction of sp³-hybridized carbons (Fsp3) is 0.167. The lowest BCUT2D eigenvalue weighted by Gasteiger charge is -2.16. The maximum absolute atomic E-state index is 12.3. The number of halogens is 1. The molecule has 134 valence electrons. The number of carbonyl (C=O) groups is 1. The molecule has 8 heteroatoms. The lowest BCUT2D eigenvalue weighted by Crippen LogP contribution is -2.30. The molecule has 1 N–H and O–H groups in total. The number of aromatic nitrogens is 2. The van der Waals surface area contributed by atoms with Crippen LogP contribution in [-0.2, 0) is 6.54 Å². The van der Waals surface area contributed by atoms with E-state index in [2.05, 4.69) is 15.5 Å². The molecule has 7 nitrogen and oxygen atoms in total. The highest BCUT2D eigenvalue weighted by atomic mass is 35.5. The first kappa shape index (κ1) is 17.8. The number of hydrogen-bond donors (Lipinski definition) is 1. The average Bonchev–Trinajstić information content (AvgIpc) is 3.11. The Morgan fingerprint density at radius 3 is 2.73 bits per heavy atom. The van der Waals surface area contributed by atoms with Crippen LogP contribution in [0.5, 0.6) is 5.75 Å². The first-order valence-corrected chi connectivity index (χ1v) is 8.16. The van der Waals surface area contributed by atoms with Crippen molar-refractivity contribution >= 4 is 23.3 Å². The van der Waals surface area contributed by atoms with Crippen LogP contribution in [0.15, 0.2) is 53.3 Å². The van der Waals surface area contributed by atoms with Crippen LogP contribution in [0.25, 0.3) is 11.3 Å². The zero-order chi connectivity index (χ0) is 18.5. The molecule has 0 aliphatic rings. The van der Waals surface area contributed by atoms with Crippen LogP contribution in [0.1, 0.15) is 5.76 Å². The Kier molecular flexibility index (Phi) is 5.38. The van der Waals surface area contributed by atoms with E-state index in [-0.39, 0.29) is 12.6 Å². The van der Waals surface area contributed by atoms with E-state index in [1.54, 1.807) is 43.7 Å². The smallest absolute Gasteiger partial charge is 0.321 e. The molecule has 0 aliphatic heterocycles. The molecular formula is C18H17ClN4O3. The molecule has 3 rings (SSSR count). The summed E-state index contributed by atoms with van der Waals surface area (Å²) in [6, 6.07) is 10.2. The third-order valence-corrected chi connectivity index (χ3v) is 3.97. The molecule has 0 saturated carbocycles. The van der Waals surface area contributed by atoms with Crippen molar-refractivity contribution in [2.75, 3.05) is 19.5 Å². The summed E-state index contributed by atoms with van der Waals surface area (Å²) in [7, 11) is 3.19. The molecule has 0 aliphatic carbocycles. The number of anilines is 1. The van der Waals surface area contributed by atoms with Gasteiger partial charge in [-0.25, -0.2) is 4.79 Å². The van der Waals surface area contributed by atoms with Crippen LogP contribution in [0.2, 0.25) is 5.02 Å². The molecule has 0 radical (unpaired) electrons. The Labute approximate surface area is 155 Å². The van der Waals surface area contributed by atoms with Gasteiger partial charge in [0.2, 0.25) is 0 Å². The summed E-state index contributed by atoms with van der Waals surface area (Å²) in [4.78, 5) is 17.8. The predicted octanol–water partition coefficient (Wildman–Crippen LogP) is 4.06. The summed E-state index contributed by atoms with van der Waals surface area (Å²) in [5.74, 6) is 1.12. The van der Waals surface area contributed by atoms with Crippen molar-refractivity contribution in [2.45, 2.75) is 6.54 Å². The van der Waals surface area contributed by atoms with Gasteiger partial charge in [-0.1, -0.05) is 16.8 Å². The average molecular weight is 373 g/mol. The summed E-state index contributed by atoms with van der Waals surface area (Å²) < 4.78 is 10.4. The van der Waals surface area contributed by atoms with Crippen molar-refractivity contribution in [1.29, 1.82) is 0 Å². The number of ether oxygens (including phenoxy) is 1. The van der Waals surface area contributed by atoms with Gasteiger partial charge in [-0.2, -0.15) is 0 Å². The second-order valence-electron chi connectivity index (χ2n) is 5.55. The van der Waals surface area contributed by atoms with Crippen LogP contribution in [0.4, 0.5) is 10.5 Å². The van der Waals surface area contributed by atoms with Crippen molar-refractivity contribution in [2.24, 2.45) is 0 Å². The van der Waals surface area contributed by atoms with Gasteiger partial charge in [-0.15, -0.1) is 0 Å². The third kappa shape index (κ3) is 4.12. The van der Waals surface area contributed by atoms with E-state index < -0.39 is 0 Å². The minimum atomic E-state index is -0.298. The molecule has 3 aromatic rings. The van der Waals surface area contributed by atoms with Crippen LogP contribution in [0.3, 0.4) is 0 Å². The van der Waals surface area contributed by atoms with E-state index >= 15 is 0 Å². The summed E-state index contributed by atoms with van der Waals surface area (Å²) in [5.41, 5.74) is 2.16. The van der Waals surface area contributed by atoms with Gasteiger partial charge in [0.05, 0.1) is 18.7 Å². The normalized spacial score (nSPS) is 10.4. The van der Waals surface area contributed by atoms with Crippen LogP contribution < -0.4 is 10.1 Å². The second kappa shape index (κ2) is 7.88. The minimum Gasteiger partial charge on any atom is -0.495 e. The minimum absolute atomic E-state index is 0.272. The topological polar surface area (TPSA) is 80.5 Å². The lowest BCUT2D eigenvalue weighted by molar-refractivity contribution is 0.214. The molecule has 26 heavy (non-hydrogen) atoms. The molecule has 2 amide bonds. The predicted molar refractivity (Wildman–Crippen MR) is 98.2 cm³/mol. The lowest BCUT2D eigenvalue weighted by atomic mass is 10.2. The van der Waals surface area contributed by atoms with Gasteiger partial charge in [0, 0.05) is 36.8 Å². The van der Waals surface area contributed by atoms with E-state index in [1.807, 2.05) is 12.1 Å². The Morgan fingerprint density at radius 2 is 2.04 bits per heavy atom. The number of nitrogens with zero attached hydrogens (tertiary/aromatic N) is 3. The quantitative estimate of drug-likeness (QED) is 0.730. The van der Waals surface area contributed by atoms with E-state index in [1.165, 1.54) is 12.0 Å². The van der Waals surface area contributed by atoms with E-state index in [0.29, 0.717) is 27.9 Å². The van der Waals surface area contributed by atoms with E-state index in [9.17, 15) is 4.79 Å². The molecular weight excluding hydrogens is 356 g/mol. The van der Waals surface area contributed by atoms with Gasteiger partial charge in [0.1, 0.15) is 11.4 Å². The number of pyridine rings is 1. The molecule has 0 spiro atoms. The molecule has 2 heterocycles. The summed E-state index contributed by atoms with van der Waals surface area (Å²) in [5, 5.41) is 7.21. The number of nitrogens with one attached hydrogen (secondary N) is 1. The maximum Gasteiger partial charge on any atom is 0.321 e. The zero-order valence-corrected chi connectivity index (χ0v) is 15.0. The highest BCUT2D eigenvalue weighted by Gasteiger charge is 2.14. The molecule has 0 bridgehead atoms. The number of methoxy groups -OCH3 is 1. The van der Waals surface area contributed by atoms with Gasteiger partial charge >= 0.3 is 6.03 Å². The second-order valence-corrected chi connectivity index (χ2v) is 5.96. The summed E-state index contributed by atoms with van der Waals surface area (Å²) in [6.07, 6.45) is 3.37. The molecule has 1 aromatic carbocycles. The highest BCUT2D eigenvalue weighted by Crippen LogP contribution is 2.27. The fourth-order valence-corrected chi connectivity index (χ4v) is 2.57. The monoisotopic (exact) mass is 372 g/mol. The molecule has 0 unspecified atom stereocenters. The fourth-order valence-electron chi connectivity index (χ4n) is 2.31. The van der Waals surface area contributed by atoms with Crippen LogP contribution in [-0.4, -0.2) is 35.2 Å². The largest absolute Gasteiger partial charge is 0.495 e. The SMILES string of the molecule is COc1ccc(NC(=O)N(C)Cc2cc(-c3ccncc3)no2)cc1Cl. The maximum atomic E-state index is 12.3. The Balaban J connectivity index is 1.63. The number of carbonyl (C=O) groups excluding carboxylic acids is 1. The first-order valence-electron chi connectivity index (χ1n) is 7.78. The van der Waals surface area contributed by atoms with Gasteiger partial charge in [-0.05, 0) is 30.3 Å².